The normalized spacial score (nSPS) is 18.9. The molecule has 1 saturated carbocycles. The number of aromatic amines is 1. The lowest BCUT2D eigenvalue weighted by Crippen LogP contribution is -2.40. The Morgan fingerprint density at radius 1 is 1.32 bits per heavy atom. The Morgan fingerprint density at radius 2 is 2.09 bits per heavy atom. The van der Waals surface area contributed by atoms with E-state index in [0.29, 0.717) is 5.69 Å². The fourth-order valence-electron chi connectivity index (χ4n) is 3.27. The molecule has 1 aliphatic carbocycles. The largest absolute Gasteiger partial charge is 0.475 e. The van der Waals surface area contributed by atoms with Crippen molar-refractivity contribution < 1.29 is 13.5 Å². The number of aromatic nitrogens is 2. The third kappa shape index (κ3) is 2.72. The van der Waals surface area contributed by atoms with Crippen LogP contribution in [0.4, 0.5) is 8.78 Å². The van der Waals surface area contributed by atoms with Crippen LogP contribution in [0.15, 0.2) is 24.7 Å². The average Bonchev–Trinajstić information content (AvgIpc) is 3.07. The molecule has 1 unspecified atom stereocenters. The number of nitrogens with zero attached hydrogens (tertiary/aromatic N) is 1. The maximum atomic E-state index is 14.0. The number of nitrogens with one attached hydrogen (secondary N) is 1. The number of rotatable bonds is 4. The van der Waals surface area contributed by atoms with Gasteiger partial charge in [-0.25, -0.2) is 13.8 Å². The first-order valence-corrected chi connectivity index (χ1v) is 7.65. The molecule has 117 valence electrons. The Hall–Kier alpha value is -1.91. The summed E-state index contributed by atoms with van der Waals surface area (Å²) in [5.41, 5.74) is -0.195. The molecule has 1 fully saturated rings. The fraction of sp³-hybridized carbons (Fsp3) is 0.471. The summed E-state index contributed by atoms with van der Waals surface area (Å²) >= 11 is 0. The van der Waals surface area contributed by atoms with Crippen molar-refractivity contribution in [2.45, 2.75) is 44.6 Å². The molecule has 0 amide bonds. The minimum absolute atomic E-state index is 0.170. The molecule has 0 aliphatic heterocycles. The van der Waals surface area contributed by atoms with Crippen LogP contribution in [0.2, 0.25) is 0 Å². The number of benzene rings is 1. The zero-order valence-corrected chi connectivity index (χ0v) is 12.5. The Bertz CT molecular complexity index is 603. The highest BCUT2D eigenvalue weighted by Gasteiger charge is 2.41. The van der Waals surface area contributed by atoms with Gasteiger partial charge in [0, 0.05) is 18.2 Å². The summed E-state index contributed by atoms with van der Waals surface area (Å²) in [6.45, 7) is 1.87. The number of halogens is 2. The van der Waals surface area contributed by atoms with Crippen molar-refractivity contribution in [2.24, 2.45) is 5.92 Å². The van der Waals surface area contributed by atoms with Crippen LogP contribution in [0.5, 0.6) is 5.75 Å². The van der Waals surface area contributed by atoms with Crippen LogP contribution >= 0.6 is 0 Å². The van der Waals surface area contributed by atoms with E-state index in [4.69, 9.17) is 4.74 Å². The van der Waals surface area contributed by atoms with Crippen LogP contribution < -0.4 is 4.74 Å². The Morgan fingerprint density at radius 3 is 2.73 bits per heavy atom. The maximum Gasteiger partial charge on any atom is 0.192 e. The lowest BCUT2D eigenvalue weighted by Gasteiger charge is -2.39. The van der Waals surface area contributed by atoms with Crippen molar-refractivity contribution in [1.82, 2.24) is 9.97 Å². The molecule has 0 bridgehead atoms. The van der Waals surface area contributed by atoms with Gasteiger partial charge in [-0.2, -0.15) is 0 Å². The van der Waals surface area contributed by atoms with Crippen molar-refractivity contribution >= 4 is 0 Å². The molecular formula is C17H19F2N2O. The van der Waals surface area contributed by atoms with E-state index in [2.05, 4.69) is 16.0 Å². The quantitative estimate of drug-likeness (QED) is 0.911. The molecule has 1 aromatic carbocycles. The van der Waals surface area contributed by atoms with E-state index in [1.807, 2.05) is 6.92 Å². The van der Waals surface area contributed by atoms with Crippen LogP contribution in [-0.2, 0) is 5.60 Å². The number of imidazole rings is 1. The SMILES string of the molecule is CC(Oc1c(F)[c]ccc1F)(c1c[nH]cn1)C1CCCCC1. The van der Waals surface area contributed by atoms with E-state index in [-0.39, 0.29) is 11.7 Å². The van der Waals surface area contributed by atoms with Gasteiger partial charge in [0.05, 0.1) is 6.33 Å². The summed E-state index contributed by atoms with van der Waals surface area (Å²) < 4.78 is 33.8. The number of hydrogen-bond donors (Lipinski definition) is 1. The molecule has 3 rings (SSSR count). The van der Waals surface area contributed by atoms with Gasteiger partial charge in [0.2, 0.25) is 0 Å². The summed E-state index contributed by atoms with van der Waals surface area (Å²) in [4.78, 5) is 7.19. The molecule has 1 aliphatic rings. The topological polar surface area (TPSA) is 37.9 Å². The third-order valence-electron chi connectivity index (χ3n) is 4.56. The van der Waals surface area contributed by atoms with E-state index in [1.165, 1.54) is 12.5 Å². The lowest BCUT2D eigenvalue weighted by atomic mass is 9.76. The first-order chi connectivity index (χ1) is 10.6. The van der Waals surface area contributed by atoms with Gasteiger partial charge < -0.3 is 9.72 Å². The standard InChI is InChI=1S/C17H19F2N2O/c1-17(15-10-20-11-21-15,12-6-3-2-4-7-12)22-16-13(18)8-5-9-14(16)19/h5,8,10-12H,2-4,6-7H2,1H3,(H,20,21). The molecule has 1 aromatic heterocycles. The fourth-order valence-corrected chi connectivity index (χ4v) is 3.27. The van der Waals surface area contributed by atoms with Gasteiger partial charge in [-0.3, -0.25) is 0 Å². The first kappa shape index (κ1) is 15.0. The van der Waals surface area contributed by atoms with Crippen molar-refractivity contribution in [2.75, 3.05) is 0 Å². The highest BCUT2D eigenvalue weighted by atomic mass is 19.1. The first-order valence-electron chi connectivity index (χ1n) is 7.65. The molecule has 3 nitrogen and oxygen atoms in total. The van der Waals surface area contributed by atoms with E-state index >= 15 is 0 Å². The third-order valence-corrected chi connectivity index (χ3v) is 4.56. The van der Waals surface area contributed by atoms with Crippen LogP contribution in [0.25, 0.3) is 0 Å². The van der Waals surface area contributed by atoms with Gasteiger partial charge >= 0.3 is 0 Å². The average molecular weight is 305 g/mol. The minimum atomic E-state index is -0.864. The number of hydrogen-bond acceptors (Lipinski definition) is 2. The summed E-state index contributed by atoms with van der Waals surface area (Å²) in [5.74, 6) is -1.73. The molecule has 1 heterocycles. The van der Waals surface area contributed by atoms with Crippen molar-refractivity contribution in [3.63, 3.8) is 0 Å². The van der Waals surface area contributed by atoms with Gasteiger partial charge in [0.1, 0.15) is 5.69 Å². The van der Waals surface area contributed by atoms with Gasteiger partial charge in [-0.05, 0) is 31.9 Å². The molecule has 22 heavy (non-hydrogen) atoms. The van der Waals surface area contributed by atoms with Crippen LogP contribution in [0, 0.1) is 23.6 Å². The Balaban J connectivity index is 1.99. The van der Waals surface area contributed by atoms with Gasteiger partial charge in [0.15, 0.2) is 23.0 Å². The summed E-state index contributed by atoms with van der Waals surface area (Å²) in [7, 11) is 0. The highest BCUT2D eigenvalue weighted by Crippen LogP contribution is 2.42. The van der Waals surface area contributed by atoms with Gasteiger partial charge in [-0.15, -0.1) is 0 Å². The van der Waals surface area contributed by atoms with Crippen molar-refractivity contribution in [1.29, 1.82) is 0 Å². The minimum Gasteiger partial charge on any atom is -0.475 e. The maximum absolute atomic E-state index is 14.0. The second kappa shape index (κ2) is 6.07. The summed E-state index contributed by atoms with van der Waals surface area (Å²) in [6, 6.07) is 4.72. The van der Waals surface area contributed by atoms with E-state index < -0.39 is 17.2 Å². The van der Waals surface area contributed by atoms with Crippen molar-refractivity contribution in [3.05, 3.63) is 48.1 Å². The van der Waals surface area contributed by atoms with Crippen LogP contribution in [0.3, 0.4) is 0 Å². The number of H-pyrrole nitrogens is 1. The van der Waals surface area contributed by atoms with Crippen molar-refractivity contribution in [3.8, 4) is 5.75 Å². The zero-order valence-electron chi connectivity index (χ0n) is 12.5. The predicted molar refractivity (Wildman–Crippen MR) is 78.3 cm³/mol. The molecule has 5 heteroatoms. The lowest BCUT2D eigenvalue weighted by molar-refractivity contribution is -0.00603. The van der Waals surface area contributed by atoms with Crippen LogP contribution in [-0.4, -0.2) is 9.97 Å². The predicted octanol–water partition coefficient (Wildman–Crippen LogP) is 4.36. The molecule has 1 N–H and O–H groups in total. The Kier molecular flexibility index (Phi) is 4.14. The molecule has 0 saturated heterocycles. The van der Waals surface area contributed by atoms with E-state index in [1.54, 1.807) is 12.5 Å². The zero-order chi connectivity index (χ0) is 15.6. The molecule has 1 radical (unpaired) electrons. The molecular weight excluding hydrogens is 286 g/mol. The summed E-state index contributed by atoms with van der Waals surface area (Å²) in [6.07, 6.45) is 8.60. The van der Waals surface area contributed by atoms with E-state index in [9.17, 15) is 8.78 Å². The molecule has 1 atom stereocenters. The summed E-state index contributed by atoms with van der Waals surface area (Å²) in [5, 5.41) is 0. The van der Waals surface area contributed by atoms with E-state index in [0.717, 1.165) is 31.7 Å². The van der Waals surface area contributed by atoms with Gasteiger partial charge in [0.25, 0.3) is 0 Å². The Labute approximate surface area is 128 Å². The second-order valence-corrected chi connectivity index (χ2v) is 5.97. The molecule has 0 spiro atoms. The highest BCUT2D eigenvalue weighted by molar-refractivity contribution is 5.27. The second-order valence-electron chi connectivity index (χ2n) is 5.97. The van der Waals surface area contributed by atoms with Crippen LogP contribution in [0.1, 0.15) is 44.7 Å². The number of ether oxygens (including phenoxy) is 1. The monoisotopic (exact) mass is 305 g/mol. The smallest absolute Gasteiger partial charge is 0.192 e. The van der Waals surface area contributed by atoms with Gasteiger partial charge in [-0.1, -0.05) is 19.3 Å². The molecule has 2 aromatic rings.